The van der Waals surface area contributed by atoms with Crippen LogP contribution in [-0.2, 0) is 4.79 Å². The SMILES string of the molecule is C#CC(CCC)NC(=O)C1CCC(C(F)(F)F)CC1. The normalized spacial score (nSPS) is 25.4. The fourth-order valence-electron chi connectivity index (χ4n) is 2.46. The van der Waals surface area contributed by atoms with Crippen molar-refractivity contribution in [2.45, 2.75) is 57.7 Å². The Bertz CT molecular complexity index is 338. The van der Waals surface area contributed by atoms with Gasteiger partial charge >= 0.3 is 6.18 Å². The minimum Gasteiger partial charge on any atom is -0.342 e. The van der Waals surface area contributed by atoms with Crippen LogP contribution in [0.1, 0.15) is 45.4 Å². The number of halogens is 3. The van der Waals surface area contributed by atoms with Crippen molar-refractivity contribution in [3.8, 4) is 12.3 Å². The molecule has 0 aromatic carbocycles. The zero-order valence-corrected chi connectivity index (χ0v) is 11.1. The summed E-state index contributed by atoms with van der Waals surface area (Å²) in [6, 6.07) is -0.308. The van der Waals surface area contributed by atoms with E-state index in [4.69, 9.17) is 6.42 Å². The van der Waals surface area contributed by atoms with Crippen molar-refractivity contribution in [2.24, 2.45) is 11.8 Å². The number of nitrogens with one attached hydrogen (secondary N) is 1. The standard InChI is InChI=1S/C14H20F3NO/c1-3-5-12(4-2)18-13(19)10-6-8-11(9-7-10)14(15,16)17/h2,10-12H,3,5-9H2,1H3,(H,18,19). The van der Waals surface area contributed by atoms with Gasteiger partial charge in [0.2, 0.25) is 5.91 Å². The van der Waals surface area contributed by atoms with Gasteiger partial charge in [-0.15, -0.1) is 6.42 Å². The molecule has 0 radical (unpaired) electrons. The molecule has 0 aliphatic heterocycles. The van der Waals surface area contributed by atoms with Crippen LogP contribution in [0.4, 0.5) is 13.2 Å². The maximum absolute atomic E-state index is 12.5. The van der Waals surface area contributed by atoms with Gasteiger partial charge in [-0.05, 0) is 32.1 Å². The van der Waals surface area contributed by atoms with Gasteiger partial charge in [0, 0.05) is 5.92 Å². The summed E-state index contributed by atoms with van der Waals surface area (Å²) in [6.07, 6.45) is 3.38. The van der Waals surface area contributed by atoms with E-state index in [2.05, 4.69) is 11.2 Å². The summed E-state index contributed by atoms with van der Waals surface area (Å²) in [7, 11) is 0. The first-order valence-electron chi connectivity index (χ1n) is 6.71. The van der Waals surface area contributed by atoms with E-state index < -0.39 is 12.1 Å². The summed E-state index contributed by atoms with van der Waals surface area (Å²) in [5, 5.41) is 2.73. The van der Waals surface area contributed by atoms with Gasteiger partial charge in [-0.2, -0.15) is 13.2 Å². The molecule has 0 aromatic heterocycles. The van der Waals surface area contributed by atoms with Crippen molar-refractivity contribution >= 4 is 5.91 Å². The van der Waals surface area contributed by atoms with Crippen LogP contribution in [0.3, 0.4) is 0 Å². The van der Waals surface area contributed by atoms with Crippen LogP contribution in [0.5, 0.6) is 0 Å². The average molecular weight is 275 g/mol. The molecular weight excluding hydrogens is 255 g/mol. The van der Waals surface area contributed by atoms with E-state index >= 15 is 0 Å². The predicted molar refractivity (Wildman–Crippen MR) is 67.2 cm³/mol. The van der Waals surface area contributed by atoms with Gasteiger partial charge in [0.15, 0.2) is 0 Å². The molecule has 1 aliphatic carbocycles. The Kier molecular flexibility index (Phi) is 5.71. The first-order valence-corrected chi connectivity index (χ1v) is 6.71. The van der Waals surface area contributed by atoms with E-state index in [-0.39, 0.29) is 30.7 Å². The molecule has 1 unspecified atom stereocenters. The van der Waals surface area contributed by atoms with Gasteiger partial charge < -0.3 is 5.32 Å². The Morgan fingerprint density at radius 2 is 1.95 bits per heavy atom. The maximum atomic E-state index is 12.5. The van der Waals surface area contributed by atoms with E-state index in [1.165, 1.54) is 0 Å². The fraction of sp³-hybridized carbons (Fsp3) is 0.786. The molecular formula is C14H20F3NO. The molecule has 1 rings (SSSR count). The van der Waals surface area contributed by atoms with E-state index in [1.807, 2.05) is 6.92 Å². The Morgan fingerprint density at radius 3 is 2.37 bits per heavy atom. The number of carbonyl (C=O) groups excluding carboxylic acids is 1. The molecule has 5 heteroatoms. The zero-order valence-electron chi connectivity index (χ0n) is 11.1. The number of rotatable bonds is 4. The molecule has 2 nitrogen and oxygen atoms in total. The molecule has 1 saturated carbocycles. The minimum absolute atomic E-state index is 0.0378. The fourth-order valence-corrected chi connectivity index (χ4v) is 2.46. The molecule has 108 valence electrons. The number of hydrogen-bond donors (Lipinski definition) is 1. The monoisotopic (exact) mass is 275 g/mol. The highest BCUT2D eigenvalue weighted by atomic mass is 19.4. The largest absolute Gasteiger partial charge is 0.391 e. The summed E-state index contributed by atoms with van der Waals surface area (Å²) in [4.78, 5) is 11.9. The summed E-state index contributed by atoms with van der Waals surface area (Å²) in [6.45, 7) is 1.96. The second kappa shape index (κ2) is 6.83. The number of carbonyl (C=O) groups is 1. The number of hydrogen-bond acceptors (Lipinski definition) is 1. The predicted octanol–water partition coefficient (Wildman–Crippen LogP) is 3.27. The quantitative estimate of drug-likeness (QED) is 0.784. The lowest BCUT2D eigenvalue weighted by molar-refractivity contribution is -0.184. The highest BCUT2D eigenvalue weighted by Gasteiger charge is 2.42. The van der Waals surface area contributed by atoms with Crippen LogP contribution in [0, 0.1) is 24.2 Å². The molecule has 0 spiro atoms. The number of terminal acetylenes is 1. The molecule has 1 amide bonds. The third-order valence-electron chi connectivity index (χ3n) is 3.66. The highest BCUT2D eigenvalue weighted by molar-refractivity contribution is 5.79. The van der Waals surface area contributed by atoms with Crippen LogP contribution in [0.15, 0.2) is 0 Å². The van der Waals surface area contributed by atoms with Gasteiger partial charge in [-0.3, -0.25) is 4.79 Å². The Labute approximate surface area is 112 Å². The van der Waals surface area contributed by atoms with Crippen molar-refractivity contribution in [3.63, 3.8) is 0 Å². The zero-order chi connectivity index (χ0) is 14.5. The lowest BCUT2D eigenvalue weighted by atomic mass is 9.81. The Balaban J connectivity index is 2.43. The summed E-state index contributed by atoms with van der Waals surface area (Å²) in [5.41, 5.74) is 0. The summed E-state index contributed by atoms with van der Waals surface area (Å²) in [5.74, 6) is 0.715. The lowest BCUT2D eigenvalue weighted by Crippen LogP contribution is -2.40. The Morgan fingerprint density at radius 1 is 1.37 bits per heavy atom. The number of amides is 1. The van der Waals surface area contributed by atoms with Crippen molar-refractivity contribution < 1.29 is 18.0 Å². The smallest absolute Gasteiger partial charge is 0.342 e. The van der Waals surface area contributed by atoms with Crippen LogP contribution < -0.4 is 5.32 Å². The molecule has 0 saturated heterocycles. The number of alkyl halides is 3. The molecule has 19 heavy (non-hydrogen) atoms. The van der Waals surface area contributed by atoms with Gasteiger partial charge in [-0.25, -0.2) is 0 Å². The first-order chi connectivity index (χ1) is 8.88. The van der Waals surface area contributed by atoms with Crippen molar-refractivity contribution in [1.29, 1.82) is 0 Å². The highest BCUT2D eigenvalue weighted by Crippen LogP contribution is 2.39. The molecule has 0 bridgehead atoms. The third-order valence-corrected chi connectivity index (χ3v) is 3.66. The van der Waals surface area contributed by atoms with Crippen LogP contribution in [0.25, 0.3) is 0 Å². The third kappa shape index (κ3) is 4.77. The maximum Gasteiger partial charge on any atom is 0.391 e. The summed E-state index contributed by atoms with van der Waals surface area (Å²) >= 11 is 0. The topological polar surface area (TPSA) is 29.1 Å². The van der Waals surface area contributed by atoms with Crippen molar-refractivity contribution in [1.82, 2.24) is 5.32 Å². The van der Waals surface area contributed by atoms with E-state index in [0.717, 1.165) is 6.42 Å². The first kappa shape index (κ1) is 15.9. The van der Waals surface area contributed by atoms with Crippen LogP contribution in [-0.4, -0.2) is 18.1 Å². The molecule has 1 fully saturated rings. The van der Waals surface area contributed by atoms with Gasteiger partial charge in [0.25, 0.3) is 0 Å². The second-order valence-electron chi connectivity index (χ2n) is 5.11. The van der Waals surface area contributed by atoms with Gasteiger partial charge in [0.05, 0.1) is 12.0 Å². The minimum atomic E-state index is -4.13. The van der Waals surface area contributed by atoms with Crippen molar-refractivity contribution in [2.75, 3.05) is 0 Å². The molecule has 0 heterocycles. The van der Waals surface area contributed by atoms with Gasteiger partial charge in [-0.1, -0.05) is 19.3 Å². The summed E-state index contributed by atoms with van der Waals surface area (Å²) < 4.78 is 37.5. The average Bonchev–Trinajstić information content (AvgIpc) is 2.37. The molecule has 1 N–H and O–H groups in total. The lowest BCUT2D eigenvalue weighted by Gasteiger charge is -2.29. The molecule has 1 atom stereocenters. The second-order valence-corrected chi connectivity index (χ2v) is 5.11. The molecule has 1 aliphatic rings. The van der Waals surface area contributed by atoms with E-state index in [1.54, 1.807) is 0 Å². The van der Waals surface area contributed by atoms with E-state index in [9.17, 15) is 18.0 Å². The van der Waals surface area contributed by atoms with E-state index in [0.29, 0.717) is 19.3 Å². The van der Waals surface area contributed by atoms with Crippen molar-refractivity contribution in [3.05, 3.63) is 0 Å². The Hall–Kier alpha value is -1.18. The van der Waals surface area contributed by atoms with Gasteiger partial charge in [0.1, 0.15) is 0 Å². The van der Waals surface area contributed by atoms with Crippen LogP contribution >= 0.6 is 0 Å². The molecule has 0 aromatic rings. The van der Waals surface area contributed by atoms with Crippen LogP contribution in [0.2, 0.25) is 0 Å².